The summed E-state index contributed by atoms with van der Waals surface area (Å²) in [6, 6.07) is 3.30. The summed E-state index contributed by atoms with van der Waals surface area (Å²) in [6.07, 6.45) is -2.64. The van der Waals surface area contributed by atoms with Crippen LogP contribution < -0.4 is 36.4 Å². The van der Waals surface area contributed by atoms with Crippen LogP contribution in [0.25, 0.3) is 0 Å². The summed E-state index contributed by atoms with van der Waals surface area (Å²) < 4.78 is 78.4. The lowest BCUT2D eigenvalue weighted by Crippen LogP contribution is -2.48. The monoisotopic (exact) mass is 1140 g/mol. The first-order chi connectivity index (χ1) is 35.5. The number of carbonyl (C=O) groups is 5. The number of carbonyl (C=O) groups excluding carboxylic acids is 5. The van der Waals surface area contributed by atoms with E-state index in [0.29, 0.717) is 60.0 Å². The molecule has 6 aromatic rings. The van der Waals surface area contributed by atoms with E-state index in [1.165, 1.54) is 32.0 Å². The fourth-order valence-electron chi connectivity index (χ4n) is 7.09. The van der Waals surface area contributed by atoms with Gasteiger partial charge in [0.1, 0.15) is 67.1 Å². The van der Waals surface area contributed by atoms with Crippen LogP contribution in [0.3, 0.4) is 0 Å². The highest BCUT2D eigenvalue weighted by atomic mass is 35.5. The van der Waals surface area contributed by atoms with E-state index in [1.807, 2.05) is 4.90 Å². The zero-order chi connectivity index (χ0) is 54.2. The Labute approximate surface area is 447 Å². The van der Waals surface area contributed by atoms with Gasteiger partial charge >= 0.3 is 12.4 Å². The molecule has 21 nitrogen and oxygen atoms in total. The van der Waals surface area contributed by atoms with E-state index in [4.69, 9.17) is 23.2 Å². The van der Waals surface area contributed by atoms with Crippen molar-refractivity contribution in [2.24, 2.45) is 0 Å². The summed E-state index contributed by atoms with van der Waals surface area (Å²) in [7, 11) is 0. The van der Waals surface area contributed by atoms with Crippen LogP contribution in [0.4, 0.5) is 49.6 Å². The van der Waals surface area contributed by atoms with Crippen molar-refractivity contribution in [1.82, 2.24) is 60.7 Å². The standard InChI is InChI=1S/C23H22ClF3N8O3S.C21H20ClF3N8O2S.CH4/c1-12(32-20(37)16-8-19(31-11-30-16)35-5-3-34(4-6-35)13(2)36)22-29-10-17(39-22)21(38)33-18-7-14(23(25,26)27)15(24)9-28-18;1-11(31-18(34)14-7-17(30-10-29-14)33-4-2-26-3-5-33)20-28-9-15(36-20)19(35)32-16-6-12(21(23,24)25)13(22)8-27-16;/h7-12H,3-6H2,1-2H3,(H,32,37)(H,28,33,38);6-11,26H,2-5H2,1H3,(H,31,34)(H,27,32,35);1H4. The maximum Gasteiger partial charge on any atom is 0.418 e. The van der Waals surface area contributed by atoms with Crippen molar-refractivity contribution in [3.63, 3.8) is 0 Å². The number of nitrogens with zero attached hydrogens (tertiary/aromatic N) is 11. The Morgan fingerprint density at radius 1 is 0.579 bits per heavy atom. The third kappa shape index (κ3) is 15.0. The lowest BCUT2D eigenvalue weighted by Gasteiger charge is -2.34. The summed E-state index contributed by atoms with van der Waals surface area (Å²) >= 11 is 13.1. The molecule has 0 aliphatic carbocycles. The van der Waals surface area contributed by atoms with E-state index < -0.39 is 69.2 Å². The van der Waals surface area contributed by atoms with Crippen molar-refractivity contribution in [2.45, 2.75) is 52.6 Å². The van der Waals surface area contributed by atoms with Gasteiger partial charge in [0.05, 0.1) is 45.6 Å². The molecule has 0 radical (unpaired) electrons. The Morgan fingerprint density at radius 3 is 1.38 bits per heavy atom. The maximum absolute atomic E-state index is 13.1. The highest BCUT2D eigenvalue weighted by molar-refractivity contribution is 7.14. The van der Waals surface area contributed by atoms with Crippen molar-refractivity contribution in [3.8, 4) is 0 Å². The van der Waals surface area contributed by atoms with E-state index >= 15 is 0 Å². The van der Waals surface area contributed by atoms with E-state index in [9.17, 15) is 50.3 Å². The van der Waals surface area contributed by atoms with Crippen LogP contribution in [0.2, 0.25) is 10.0 Å². The number of anilines is 4. The lowest BCUT2D eigenvalue weighted by molar-refractivity contribution is -0.138. The SMILES string of the molecule is C.CC(=O)N1CCN(c2cc(C(=O)NC(C)c3ncc(C(=O)Nc4cc(C(F)(F)F)c(Cl)cn4)s3)ncn2)CC1.CC(NC(=O)c1cc(N2CCNCC2)ncn1)c1ncc(C(=O)Nc2cc(C(F)(F)F)c(Cl)cn2)s1. The van der Waals surface area contributed by atoms with Crippen LogP contribution in [-0.4, -0.2) is 127 Å². The van der Waals surface area contributed by atoms with Gasteiger partial charge in [-0.05, 0) is 26.0 Å². The molecule has 404 valence electrons. The van der Waals surface area contributed by atoms with Gasteiger partial charge < -0.3 is 41.3 Å². The summed E-state index contributed by atoms with van der Waals surface area (Å²) in [5.74, 6) is -1.75. The number of halogens is 8. The number of thiazole rings is 2. The van der Waals surface area contributed by atoms with E-state index in [-0.39, 0.29) is 46.1 Å². The first-order valence-electron chi connectivity index (χ1n) is 22.3. The van der Waals surface area contributed by atoms with Crippen molar-refractivity contribution >= 4 is 98.7 Å². The van der Waals surface area contributed by atoms with Gasteiger partial charge in [0, 0.05) is 83.8 Å². The molecule has 2 unspecified atom stereocenters. The Morgan fingerprint density at radius 2 is 0.987 bits per heavy atom. The molecule has 0 spiro atoms. The highest BCUT2D eigenvalue weighted by Gasteiger charge is 2.35. The minimum Gasteiger partial charge on any atom is -0.354 e. The third-order valence-electron chi connectivity index (χ3n) is 11.0. The summed E-state index contributed by atoms with van der Waals surface area (Å²) in [5.41, 5.74) is -1.92. The molecular weight excluding hydrogens is 1090 g/mol. The number of pyridine rings is 2. The molecule has 6 aromatic heterocycles. The Kier molecular flexibility index (Phi) is 19.2. The predicted molar refractivity (Wildman–Crippen MR) is 271 cm³/mol. The predicted octanol–water partition coefficient (Wildman–Crippen LogP) is 7.20. The van der Waals surface area contributed by atoms with Crippen LogP contribution >= 0.6 is 45.9 Å². The molecule has 0 bridgehead atoms. The van der Waals surface area contributed by atoms with Crippen molar-refractivity contribution < 1.29 is 50.3 Å². The fourth-order valence-corrected chi connectivity index (χ4v) is 9.14. The van der Waals surface area contributed by atoms with Gasteiger partial charge in [0.15, 0.2) is 0 Å². The molecule has 5 N–H and O–H groups in total. The van der Waals surface area contributed by atoms with E-state index in [1.54, 1.807) is 30.9 Å². The fraction of sp³-hybridized carbons (Fsp3) is 0.356. The quantitative estimate of drug-likeness (QED) is 0.0759. The first kappa shape index (κ1) is 58.1. The Bertz CT molecular complexity index is 3060. The average molecular weight is 1140 g/mol. The number of nitrogens with one attached hydrogen (secondary N) is 5. The third-order valence-corrected chi connectivity index (χ3v) is 14.0. The van der Waals surface area contributed by atoms with Crippen LogP contribution in [0.15, 0.2) is 61.7 Å². The second-order valence-corrected chi connectivity index (χ2v) is 19.2. The minimum absolute atomic E-state index is 0. The van der Waals surface area contributed by atoms with Gasteiger partial charge in [0.2, 0.25) is 5.91 Å². The normalized spacial score (nSPS) is 14.5. The van der Waals surface area contributed by atoms with Crippen molar-refractivity contribution in [3.05, 3.63) is 114 Å². The second-order valence-electron chi connectivity index (χ2n) is 16.3. The van der Waals surface area contributed by atoms with Gasteiger partial charge in [-0.15, -0.1) is 22.7 Å². The van der Waals surface area contributed by atoms with Gasteiger partial charge in [-0.3, -0.25) is 24.0 Å². The highest BCUT2D eigenvalue weighted by Crippen LogP contribution is 2.37. The number of amides is 5. The second kappa shape index (κ2) is 25.1. The van der Waals surface area contributed by atoms with Crippen LogP contribution in [-0.2, 0) is 17.1 Å². The van der Waals surface area contributed by atoms with Gasteiger partial charge in [-0.2, -0.15) is 26.3 Å². The summed E-state index contributed by atoms with van der Waals surface area (Å²) in [6.45, 7) is 10.3. The molecule has 0 saturated carbocycles. The zero-order valence-electron chi connectivity index (χ0n) is 39.4. The average Bonchev–Trinajstić information content (AvgIpc) is 4.10. The topological polar surface area (TPSA) is 258 Å². The smallest absolute Gasteiger partial charge is 0.354 e. The largest absolute Gasteiger partial charge is 0.418 e. The zero-order valence-corrected chi connectivity index (χ0v) is 42.5. The van der Waals surface area contributed by atoms with Gasteiger partial charge in [-0.1, -0.05) is 30.6 Å². The minimum atomic E-state index is -4.71. The summed E-state index contributed by atoms with van der Waals surface area (Å²) in [4.78, 5) is 100. The molecule has 8 rings (SSSR count). The van der Waals surface area contributed by atoms with Gasteiger partial charge in [0.25, 0.3) is 23.6 Å². The Hall–Kier alpha value is -7.21. The van der Waals surface area contributed by atoms with Crippen molar-refractivity contribution in [1.29, 1.82) is 0 Å². The molecule has 2 atom stereocenters. The van der Waals surface area contributed by atoms with Crippen LogP contribution in [0.1, 0.15) is 102 Å². The van der Waals surface area contributed by atoms with Crippen LogP contribution in [0, 0.1) is 0 Å². The molecule has 2 aliphatic rings. The number of hydrogen-bond donors (Lipinski definition) is 5. The Balaban J connectivity index is 0.000000244. The van der Waals surface area contributed by atoms with Crippen molar-refractivity contribution in [2.75, 3.05) is 72.8 Å². The molecule has 31 heteroatoms. The molecular formula is C45H46Cl2F6N16O5S2. The molecule has 2 saturated heterocycles. The summed E-state index contributed by atoms with van der Waals surface area (Å²) in [5, 5.41) is 13.0. The van der Waals surface area contributed by atoms with E-state index in [0.717, 1.165) is 61.2 Å². The van der Waals surface area contributed by atoms with Gasteiger partial charge in [-0.25, -0.2) is 39.9 Å². The molecule has 2 aliphatic heterocycles. The van der Waals surface area contributed by atoms with Crippen LogP contribution in [0.5, 0.6) is 0 Å². The first-order valence-corrected chi connectivity index (χ1v) is 24.6. The number of hydrogen-bond acceptors (Lipinski definition) is 18. The number of alkyl halides is 6. The number of rotatable bonds is 12. The molecule has 5 amide bonds. The lowest BCUT2D eigenvalue weighted by atomic mass is 10.2. The molecule has 8 heterocycles. The molecule has 0 aromatic carbocycles. The molecule has 76 heavy (non-hydrogen) atoms. The number of piperazine rings is 2. The maximum atomic E-state index is 13.1. The molecule has 2 fully saturated rings. The van der Waals surface area contributed by atoms with E-state index in [2.05, 4.69) is 71.4 Å². The number of aromatic nitrogens is 8.